The summed E-state index contributed by atoms with van der Waals surface area (Å²) in [5.41, 5.74) is 5.05. The molecule has 1 aliphatic heterocycles. The van der Waals surface area contributed by atoms with Crippen molar-refractivity contribution < 1.29 is 18.6 Å². The lowest BCUT2D eigenvalue weighted by Crippen LogP contribution is -2.28. The molecule has 0 amide bonds. The molecule has 3 unspecified atom stereocenters. The SMILES string of the molecule is Nc1nc(=O)n(C2CCC(COP(NCC=O)Oc3ccc4ccccc4c3)O2)cc1Cl. The molecule has 0 spiro atoms. The second kappa shape index (κ2) is 10.4. The van der Waals surface area contributed by atoms with E-state index < -0.39 is 20.4 Å². The Morgan fingerprint density at radius 3 is 2.91 bits per heavy atom. The lowest BCUT2D eigenvalue weighted by Gasteiger charge is -2.20. The second-order valence-corrected chi connectivity index (χ2v) is 8.81. The van der Waals surface area contributed by atoms with Crippen molar-refractivity contribution in [2.45, 2.75) is 25.2 Å². The minimum atomic E-state index is -1.58. The van der Waals surface area contributed by atoms with Crippen molar-refractivity contribution in [2.24, 2.45) is 0 Å². The van der Waals surface area contributed by atoms with Gasteiger partial charge in [-0.2, -0.15) is 4.98 Å². The molecule has 0 radical (unpaired) electrons. The molecule has 1 aromatic heterocycles. The van der Waals surface area contributed by atoms with Crippen molar-refractivity contribution in [3.8, 4) is 5.75 Å². The van der Waals surface area contributed by atoms with Crippen LogP contribution in [0.4, 0.5) is 5.82 Å². The molecule has 1 saturated heterocycles. The summed E-state index contributed by atoms with van der Waals surface area (Å²) < 4.78 is 19.1. The Bertz CT molecular complexity index is 1160. The van der Waals surface area contributed by atoms with Gasteiger partial charge in [-0.3, -0.25) is 4.57 Å². The first-order chi connectivity index (χ1) is 15.5. The third-order valence-corrected chi connectivity index (χ3v) is 6.41. The minimum absolute atomic E-state index is 0.0106. The van der Waals surface area contributed by atoms with Gasteiger partial charge in [0.15, 0.2) is 0 Å². The number of aldehydes is 1. The largest absolute Gasteiger partial charge is 0.436 e. The van der Waals surface area contributed by atoms with Gasteiger partial charge < -0.3 is 24.3 Å². The number of nitrogens with two attached hydrogens (primary N) is 1. The number of rotatable bonds is 9. The quantitative estimate of drug-likeness (QED) is 0.356. The normalized spacial score (nSPS) is 19.2. The van der Waals surface area contributed by atoms with E-state index in [0.29, 0.717) is 18.6 Å². The Balaban J connectivity index is 1.37. The molecule has 3 atom stereocenters. The van der Waals surface area contributed by atoms with E-state index in [1.54, 1.807) is 0 Å². The fourth-order valence-electron chi connectivity index (χ4n) is 3.36. The highest BCUT2D eigenvalue weighted by Crippen LogP contribution is 2.38. The molecule has 32 heavy (non-hydrogen) atoms. The number of carbonyl (C=O) groups is 1. The molecular formula is C21H22ClN4O5P. The number of nitrogens with one attached hydrogen (secondary N) is 1. The number of benzene rings is 2. The van der Waals surface area contributed by atoms with Crippen LogP contribution in [0.2, 0.25) is 5.02 Å². The fraction of sp³-hybridized carbons (Fsp3) is 0.286. The zero-order chi connectivity index (χ0) is 22.5. The summed E-state index contributed by atoms with van der Waals surface area (Å²) in [5, 5.41) is 5.29. The van der Waals surface area contributed by atoms with Crippen LogP contribution in [0.1, 0.15) is 19.1 Å². The summed E-state index contributed by atoms with van der Waals surface area (Å²) in [6.45, 7) is 0.324. The van der Waals surface area contributed by atoms with Crippen LogP contribution in [-0.4, -0.2) is 35.1 Å². The maximum Gasteiger partial charge on any atom is 0.351 e. The van der Waals surface area contributed by atoms with E-state index in [9.17, 15) is 9.59 Å². The Morgan fingerprint density at radius 2 is 2.09 bits per heavy atom. The van der Waals surface area contributed by atoms with E-state index in [-0.39, 0.29) is 30.1 Å². The van der Waals surface area contributed by atoms with Crippen molar-refractivity contribution in [3.63, 3.8) is 0 Å². The topological polar surface area (TPSA) is 118 Å². The van der Waals surface area contributed by atoms with E-state index >= 15 is 0 Å². The van der Waals surface area contributed by atoms with Crippen LogP contribution >= 0.6 is 20.1 Å². The van der Waals surface area contributed by atoms with Gasteiger partial charge in [0.2, 0.25) is 0 Å². The predicted molar refractivity (Wildman–Crippen MR) is 123 cm³/mol. The van der Waals surface area contributed by atoms with Crippen LogP contribution in [0.5, 0.6) is 5.75 Å². The van der Waals surface area contributed by atoms with E-state index in [4.69, 9.17) is 31.1 Å². The lowest BCUT2D eigenvalue weighted by molar-refractivity contribution is -0.106. The first-order valence-corrected chi connectivity index (χ1v) is 11.6. The number of fused-ring (bicyclic) bond motifs is 1. The second-order valence-electron chi connectivity index (χ2n) is 7.14. The zero-order valence-electron chi connectivity index (χ0n) is 17.0. The average Bonchev–Trinajstić information content (AvgIpc) is 3.26. The van der Waals surface area contributed by atoms with Gasteiger partial charge in [-0.05, 0) is 35.7 Å². The molecule has 9 nitrogen and oxygen atoms in total. The van der Waals surface area contributed by atoms with Gasteiger partial charge >= 0.3 is 14.2 Å². The van der Waals surface area contributed by atoms with Crippen LogP contribution < -0.4 is 21.0 Å². The molecule has 1 aliphatic rings. The monoisotopic (exact) mass is 476 g/mol. The van der Waals surface area contributed by atoms with Gasteiger partial charge in [-0.15, -0.1) is 0 Å². The molecule has 4 rings (SSSR count). The number of ether oxygens (including phenoxy) is 1. The van der Waals surface area contributed by atoms with Gasteiger partial charge in [0.05, 0.1) is 24.3 Å². The number of halogens is 1. The zero-order valence-corrected chi connectivity index (χ0v) is 18.7. The third-order valence-electron chi connectivity index (χ3n) is 4.92. The van der Waals surface area contributed by atoms with Gasteiger partial charge in [-0.25, -0.2) is 9.88 Å². The highest BCUT2D eigenvalue weighted by atomic mass is 35.5. The molecular weight excluding hydrogens is 455 g/mol. The maximum atomic E-state index is 12.1. The standard InChI is InChI=1S/C21H22ClN4O5P/c22-18-12-26(21(28)25-20(18)23)19-8-7-17(30-19)13-29-32(24-9-10-27)31-16-6-5-14-3-1-2-4-15(14)11-16/h1-6,10-12,17,19,24H,7-9,13H2,(H2,23,25,28). The van der Waals surface area contributed by atoms with Crippen molar-refractivity contribution in [1.29, 1.82) is 0 Å². The first kappa shape index (κ1) is 22.6. The van der Waals surface area contributed by atoms with Gasteiger partial charge in [0.25, 0.3) is 0 Å². The van der Waals surface area contributed by atoms with Gasteiger partial charge in [-0.1, -0.05) is 41.9 Å². The summed E-state index contributed by atoms with van der Waals surface area (Å²) in [5.74, 6) is 0.621. The smallest absolute Gasteiger partial charge is 0.351 e. The maximum absolute atomic E-state index is 12.1. The van der Waals surface area contributed by atoms with E-state index in [2.05, 4.69) is 10.1 Å². The summed E-state index contributed by atoms with van der Waals surface area (Å²) in [6.07, 6.45) is 2.69. The average molecular weight is 477 g/mol. The summed E-state index contributed by atoms with van der Waals surface area (Å²) >= 11 is 5.99. The minimum Gasteiger partial charge on any atom is -0.436 e. The molecule has 2 aromatic carbocycles. The number of nitrogen functional groups attached to an aromatic ring is 1. The van der Waals surface area contributed by atoms with Crippen molar-refractivity contribution in [2.75, 3.05) is 18.9 Å². The van der Waals surface area contributed by atoms with Crippen LogP contribution in [0.25, 0.3) is 10.8 Å². The summed E-state index contributed by atoms with van der Waals surface area (Å²) in [6, 6.07) is 13.7. The van der Waals surface area contributed by atoms with Gasteiger partial charge in [0, 0.05) is 6.20 Å². The van der Waals surface area contributed by atoms with Crippen LogP contribution in [-0.2, 0) is 14.1 Å². The van der Waals surface area contributed by atoms with Crippen molar-refractivity contribution in [1.82, 2.24) is 14.6 Å². The molecule has 0 saturated carbocycles. The van der Waals surface area contributed by atoms with E-state index in [1.165, 1.54) is 10.8 Å². The van der Waals surface area contributed by atoms with Crippen molar-refractivity contribution >= 4 is 43.0 Å². The highest BCUT2D eigenvalue weighted by Gasteiger charge is 2.29. The lowest BCUT2D eigenvalue weighted by atomic mass is 10.1. The number of hydrogen-bond acceptors (Lipinski definition) is 8. The molecule has 1 fully saturated rings. The van der Waals surface area contributed by atoms with Crippen LogP contribution in [0, 0.1) is 0 Å². The third kappa shape index (κ3) is 5.43. The summed E-state index contributed by atoms with van der Waals surface area (Å²) in [7, 11) is -1.58. The molecule has 2 heterocycles. The number of nitrogens with zero attached hydrogens (tertiary/aromatic N) is 2. The molecule has 3 N–H and O–H groups in total. The highest BCUT2D eigenvalue weighted by molar-refractivity contribution is 7.45. The number of hydrogen-bond donors (Lipinski definition) is 2. The Morgan fingerprint density at radius 1 is 1.28 bits per heavy atom. The molecule has 0 aliphatic carbocycles. The summed E-state index contributed by atoms with van der Waals surface area (Å²) in [4.78, 5) is 26.6. The van der Waals surface area contributed by atoms with E-state index in [1.807, 2.05) is 42.5 Å². The number of anilines is 1. The molecule has 168 valence electrons. The van der Waals surface area contributed by atoms with Gasteiger partial charge in [0.1, 0.15) is 24.1 Å². The molecule has 3 aromatic rings. The number of carbonyl (C=O) groups excluding carboxylic acids is 1. The van der Waals surface area contributed by atoms with Crippen LogP contribution in [0.15, 0.2) is 53.5 Å². The Hall–Kier alpha value is -2.55. The predicted octanol–water partition coefficient (Wildman–Crippen LogP) is 3.42. The van der Waals surface area contributed by atoms with Crippen molar-refractivity contribution in [3.05, 3.63) is 64.2 Å². The molecule has 11 heteroatoms. The number of aromatic nitrogens is 2. The van der Waals surface area contributed by atoms with E-state index in [0.717, 1.165) is 17.1 Å². The Kier molecular flexibility index (Phi) is 7.34. The Labute approximate surface area is 190 Å². The van der Waals surface area contributed by atoms with Crippen LogP contribution in [0.3, 0.4) is 0 Å². The first-order valence-electron chi connectivity index (χ1n) is 10.00. The molecule has 0 bridgehead atoms. The fourth-order valence-corrected chi connectivity index (χ4v) is 4.55.